The largest absolute Gasteiger partial charge is 0.462 e. The molecule has 1 aliphatic rings. The van der Waals surface area contributed by atoms with Gasteiger partial charge in [-0.05, 0) is 63.8 Å². The maximum absolute atomic E-state index is 13.1. The van der Waals surface area contributed by atoms with E-state index in [0.717, 1.165) is 30.6 Å². The van der Waals surface area contributed by atoms with Gasteiger partial charge in [-0.3, -0.25) is 9.59 Å². The van der Waals surface area contributed by atoms with Crippen molar-refractivity contribution in [3.8, 4) is 0 Å². The molecule has 3 rings (SSSR count). The molecular formula is C25H30N2O8S2. The van der Waals surface area contributed by atoms with Crippen molar-refractivity contribution < 1.29 is 37.1 Å². The molecule has 12 heteroatoms. The van der Waals surface area contributed by atoms with Gasteiger partial charge in [-0.25, -0.2) is 18.0 Å². The first-order valence-corrected chi connectivity index (χ1v) is 14.1. The van der Waals surface area contributed by atoms with E-state index in [-0.39, 0.29) is 33.4 Å². The van der Waals surface area contributed by atoms with Crippen LogP contribution in [-0.4, -0.2) is 62.7 Å². The van der Waals surface area contributed by atoms with Crippen molar-refractivity contribution in [2.75, 3.05) is 31.6 Å². The summed E-state index contributed by atoms with van der Waals surface area (Å²) in [6, 6.07) is 4.22. The fourth-order valence-corrected chi connectivity index (χ4v) is 6.89. The van der Waals surface area contributed by atoms with Gasteiger partial charge in [0.25, 0.3) is 5.91 Å². The average molecular weight is 551 g/mol. The molecule has 0 unspecified atom stereocenters. The maximum Gasteiger partial charge on any atom is 0.341 e. The number of hydrogen-bond acceptors (Lipinski definition) is 9. The van der Waals surface area contributed by atoms with Gasteiger partial charge in [-0.15, -0.1) is 11.3 Å². The average Bonchev–Trinajstić information content (AvgIpc) is 3.19. The van der Waals surface area contributed by atoms with E-state index in [1.54, 1.807) is 20.8 Å². The molecule has 1 N–H and O–H groups in total. The van der Waals surface area contributed by atoms with Gasteiger partial charge in [0.2, 0.25) is 10.0 Å². The van der Waals surface area contributed by atoms with Crippen molar-refractivity contribution in [2.45, 2.75) is 51.9 Å². The number of esters is 2. The highest BCUT2D eigenvalue weighted by molar-refractivity contribution is 7.89. The number of nitrogens with one attached hydrogen (secondary N) is 1. The molecule has 0 saturated carbocycles. The molecule has 0 radical (unpaired) electrons. The molecule has 2 aromatic rings. The summed E-state index contributed by atoms with van der Waals surface area (Å²) in [6.07, 6.45) is 2.54. The summed E-state index contributed by atoms with van der Waals surface area (Å²) in [5, 5.41) is 2.63. The van der Waals surface area contributed by atoms with Gasteiger partial charge < -0.3 is 14.8 Å². The molecule has 2 heterocycles. The number of thiophene rings is 1. The van der Waals surface area contributed by atoms with Crippen molar-refractivity contribution in [3.63, 3.8) is 0 Å². The number of carbonyl (C=O) groups is 4. The molecule has 1 aliphatic heterocycles. The number of rotatable bonds is 9. The van der Waals surface area contributed by atoms with Crippen LogP contribution >= 0.6 is 11.3 Å². The Morgan fingerprint density at radius 2 is 1.70 bits per heavy atom. The lowest BCUT2D eigenvalue weighted by molar-refractivity contribution is -0.119. The predicted octanol–water partition coefficient (Wildman–Crippen LogP) is 3.71. The van der Waals surface area contributed by atoms with Crippen LogP contribution in [0.2, 0.25) is 0 Å². The third kappa shape index (κ3) is 6.43. The second-order valence-corrected chi connectivity index (χ2v) is 11.5. The number of benzene rings is 1. The van der Waals surface area contributed by atoms with E-state index in [4.69, 9.17) is 9.47 Å². The van der Waals surface area contributed by atoms with Gasteiger partial charge in [0.05, 0.1) is 27.5 Å². The van der Waals surface area contributed by atoms with E-state index in [2.05, 4.69) is 5.32 Å². The van der Waals surface area contributed by atoms with Crippen LogP contribution in [0.4, 0.5) is 5.00 Å². The molecule has 200 valence electrons. The number of hydrogen-bond donors (Lipinski definition) is 1. The lowest BCUT2D eigenvalue weighted by Crippen LogP contribution is -2.36. The van der Waals surface area contributed by atoms with Crippen LogP contribution in [0, 0.1) is 13.8 Å². The van der Waals surface area contributed by atoms with E-state index in [0.29, 0.717) is 29.1 Å². The molecular weight excluding hydrogens is 520 g/mol. The lowest BCUT2D eigenvalue weighted by atomic mass is 10.1. The van der Waals surface area contributed by atoms with Gasteiger partial charge in [0.1, 0.15) is 5.00 Å². The highest BCUT2D eigenvalue weighted by Crippen LogP contribution is 2.34. The van der Waals surface area contributed by atoms with Crippen LogP contribution in [0.3, 0.4) is 0 Å². The molecule has 1 amide bonds. The molecule has 0 atom stereocenters. The van der Waals surface area contributed by atoms with E-state index < -0.39 is 34.5 Å². The molecule has 1 aromatic heterocycles. The number of amides is 1. The van der Waals surface area contributed by atoms with Crippen LogP contribution in [0.15, 0.2) is 23.1 Å². The SMILES string of the molecule is CCOC(=O)c1c(NC(=O)COC(=O)c2ccc(C)c(S(=O)(=O)N3CCCCC3)c2)sc(C(C)=O)c1C. The quantitative estimate of drug-likeness (QED) is 0.369. The van der Waals surface area contributed by atoms with Crippen LogP contribution in [0.5, 0.6) is 0 Å². The molecule has 10 nitrogen and oxygen atoms in total. The summed E-state index contributed by atoms with van der Waals surface area (Å²) in [5.74, 6) is -2.56. The molecule has 1 aromatic carbocycles. The Kier molecular flexibility index (Phi) is 9.21. The zero-order valence-electron chi connectivity index (χ0n) is 21.2. The second-order valence-electron chi connectivity index (χ2n) is 8.61. The molecule has 37 heavy (non-hydrogen) atoms. The Labute approximate surface area is 220 Å². The van der Waals surface area contributed by atoms with Crippen molar-refractivity contribution >= 4 is 50.0 Å². The van der Waals surface area contributed by atoms with Crippen LogP contribution in [0.1, 0.15) is 74.6 Å². The van der Waals surface area contributed by atoms with Crippen LogP contribution in [-0.2, 0) is 24.3 Å². The first-order chi connectivity index (χ1) is 17.5. The number of anilines is 1. The van der Waals surface area contributed by atoms with Gasteiger partial charge in [-0.1, -0.05) is 12.5 Å². The number of sulfonamides is 1. The zero-order chi connectivity index (χ0) is 27.3. The first kappa shape index (κ1) is 28.5. The fourth-order valence-electron chi connectivity index (χ4n) is 4.01. The van der Waals surface area contributed by atoms with E-state index in [1.807, 2.05) is 0 Å². The molecule has 0 aliphatic carbocycles. The Bertz CT molecular complexity index is 1320. The fraction of sp³-hybridized carbons (Fsp3) is 0.440. The smallest absolute Gasteiger partial charge is 0.341 e. The normalized spacial score (nSPS) is 14.2. The Balaban J connectivity index is 1.73. The Morgan fingerprint density at radius 3 is 2.32 bits per heavy atom. The standard InChI is InChI=1S/C25H30N2O8S2/c1-5-34-25(31)21-16(3)22(17(4)28)36-23(21)26-20(29)14-35-24(30)18-10-9-15(2)19(13-18)37(32,33)27-11-7-6-8-12-27/h9-10,13H,5-8,11-12,14H2,1-4H3,(H,26,29). The van der Waals surface area contributed by atoms with E-state index in [9.17, 15) is 27.6 Å². The monoisotopic (exact) mass is 550 g/mol. The van der Waals surface area contributed by atoms with Crippen molar-refractivity contribution in [1.82, 2.24) is 4.31 Å². The number of nitrogens with zero attached hydrogens (tertiary/aromatic N) is 1. The second kappa shape index (κ2) is 12.0. The third-order valence-corrected chi connectivity index (χ3v) is 9.24. The summed E-state index contributed by atoms with van der Waals surface area (Å²) in [4.78, 5) is 49.8. The van der Waals surface area contributed by atoms with Crippen molar-refractivity contribution in [3.05, 3.63) is 45.3 Å². The number of ether oxygens (including phenoxy) is 2. The maximum atomic E-state index is 13.1. The van der Waals surface area contributed by atoms with Crippen molar-refractivity contribution in [1.29, 1.82) is 0 Å². The van der Waals surface area contributed by atoms with Crippen LogP contribution in [0.25, 0.3) is 0 Å². The Morgan fingerprint density at radius 1 is 1.03 bits per heavy atom. The van der Waals surface area contributed by atoms with E-state index >= 15 is 0 Å². The minimum Gasteiger partial charge on any atom is -0.462 e. The van der Waals surface area contributed by atoms with Crippen molar-refractivity contribution in [2.24, 2.45) is 0 Å². The van der Waals surface area contributed by atoms with Gasteiger partial charge in [-0.2, -0.15) is 4.31 Å². The number of Topliss-reactive ketones (excluding diaryl/α,β-unsaturated/α-hetero) is 1. The van der Waals surface area contributed by atoms with Gasteiger partial charge in [0.15, 0.2) is 12.4 Å². The number of ketones is 1. The highest BCUT2D eigenvalue weighted by atomic mass is 32.2. The molecule has 0 bridgehead atoms. The summed E-state index contributed by atoms with van der Waals surface area (Å²) in [7, 11) is -3.77. The topological polar surface area (TPSA) is 136 Å². The predicted molar refractivity (Wildman–Crippen MR) is 138 cm³/mol. The summed E-state index contributed by atoms with van der Waals surface area (Å²) in [6.45, 7) is 6.51. The summed E-state index contributed by atoms with van der Waals surface area (Å²) in [5.41, 5.74) is 0.959. The lowest BCUT2D eigenvalue weighted by Gasteiger charge is -2.26. The minimum atomic E-state index is -3.77. The first-order valence-electron chi connectivity index (χ1n) is 11.9. The molecule has 0 spiro atoms. The summed E-state index contributed by atoms with van der Waals surface area (Å²) >= 11 is 0.933. The number of piperidine rings is 1. The highest BCUT2D eigenvalue weighted by Gasteiger charge is 2.29. The van der Waals surface area contributed by atoms with Crippen LogP contribution < -0.4 is 5.32 Å². The molecule has 1 saturated heterocycles. The zero-order valence-corrected chi connectivity index (χ0v) is 22.8. The van der Waals surface area contributed by atoms with Gasteiger partial charge >= 0.3 is 11.9 Å². The summed E-state index contributed by atoms with van der Waals surface area (Å²) < 4.78 is 37.8. The number of aryl methyl sites for hydroxylation is 1. The van der Waals surface area contributed by atoms with Gasteiger partial charge in [0, 0.05) is 13.1 Å². The Hall–Kier alpha value is -3.09. The minimum absolute atomic E-state index is 0.00738. The van der Waals surface area contributed by atoms with E-state index in [1.165, 1.54) is 29.4 Å². The number of carbonyl (C=O) groups excluding carboxylic acids is 4. The third-order valence-electron chi connectivity index (χ3n) is 5.89. The molecule has 1 fully saturated rings.